The molecular weight excluding hydrogens is 296 g/mol. The van der Waals surface area contributed by atoms with Gasteiger partial charge in [0.2, 0.25) is 0 Å². The van der Waals surface area contributed by atoms with E-state index in [9.17, 15) is 10.2 Å². The third-order valence-electron chi connectivity index (χ3n) is 7.16. The molecule has 0 bridgehead atoms. The van der Waals surface area contributed by atoms with Crippen LogP contribution in [0.15, 0.2) is 18.2 Å². The minimum absolute atomic E-state index is 0.0883. The van der Waals surface area contributed by atoms with Gasteiger partial charge in [-0.2, -0.15) is 0 Å². The molecule has 0 heterocycles. The zero-order valence-electron chi connectivity index (χ0n) is 15.6. The highest BCUT2D eigenvalue weighted by atomic mass is 16.3. The zero-order chi connectivity index (χ0) is 17.3. The van der Waals surface area contributed by atoms with Crippen LogP contribution in [0.3, 0.4) is 0 Å². The predicted molar refractivity (Wildman–Crippen MR) is 99.3 cm³/mol. The van der Waals surface area contributed by atoms with Gasteiger partial charge in [0.15, 0.2) is 0 Å². The summed E-state index contributed by atoms with van der Waals surface area (Å²) >= 11 is 0. The van der Waals surface area contributed by atoms with Gasteiger partial charge in [0, 0.05) is 0 Å². The van der Waals surface area contributed by atoms with Crippen LogP contribution >= 0.6 is 0 Å². The molecule has 2 N–H and O–H groups in total. The topological polar surface area (TPSA) is 40.5 Å². The van der Waals surface area contributed by atoms with Gasteiger partial charge in [-0.05, 0) is 85.0 Å². The first kappa shape index (κ1) is 17.8. The number of hydrogen-bond acceptors (Lipinski definition) is 2. The quantitative estimate of drug-likeness (QED) is 0.722. The first-order valence-electron chi connectivity index (χ1n) is 10.0. The first-order valence-corrected chi connectivity index (χ1v) is 10.0. The van der Waals surface area contributed by atoms with Crippen molar-refractivity contribution >= 4 is 0 Å². The standard InChI is InChI=1S/C18H24O2.C4H10/c1-18-9-8-14-13-5-3-12(19)10-11(13)2-4-15(14)16(18)6-7-17(18)20;1-3-4-2/h3,5,10,14-17,19-20H,2,4,6-9H2,1H3;3-4H2,1-2H3. The van der Waals surface area contributed by atoms with Gasteiger partial charge >= 0.3 is 0 Å². The van der Waals surface area contributed by atoms with Crippen molar-refractivity contribution in [2.75, 3.05) is 0 Å². The maximum absolute atomic E-state index is 10.4. The van der Waals surface area contributed by atoms with Crippen LogP contribution < -0.4 is 0 Å². The highest BCUT2D eigenvalue weighted by molar-refractivity contribution is 5.40. The van der Waals surface area contributed by atoms with Crippen LogP contribution in [0, 0.1) is 17.3 Å². The number of aliphatic hydroxyl groups is 1. The number of aromatic hydroxyl groups is 1. The fraction of sp³-hybridized carbons (Fsp3) is 0.727. The molecule has 1 aromatic rings. The molecule has 3 aliphatic rings. The summed E-state index contributed by atoms with van der Waals surface area (Å²) in [4.78, 5) is 0. The summed E-state index contributed by atoms with van der Waals surface area (Å²) < 4.78 is 0. The Labute approximate surface area is 147 Å². The molecule has 4 rings (SSSR count). The molecule has 0 aromatic heterocycles. The van der Waals surface area contributed by atoms with Crippen LogP contribution in [0.4, 0.5) is 0 Å². The Bertz CT molecular complexity index is 565. The Morgan fingerprint density at radius 3 is 2.54 bits per heavy atom. The summed E-state index contributed by atoms with van der Waals surface area (Å²) in [6, 6.07) is 5.96. The highest BCUT2D eigenvalue weighted by Crippen LogP contribution is 2.60. The molecule has 0 spiro atoms. The second-order valence-electron chi connectivity index (χ2n) is 8.44. The summed E-state index contributed by atoms with van der Waals surface area (Å²) in [6.07, 6.45) is 9.42. The first-order chi connectivity index (χ1) is 11.5. The van der Waals surface area contributed by atoms with Crippen molar-refractivity contribution in [3.8, 4) is 5.75 Å². The summed E-state index contributed by atoms with van der Waals surface area (Å²) in [6.45, 7) is 6.68. The van der Waals surface area contributed by atoms with E-state index in [0.717, 1.165) is 25.2 Å². The van der Waals surface area contributed by atoms with E-state index in [4.69, 9.17) is 0 Å². The van der Waals surface area contributed by atoms with E-state index in [-0.39, 0.29) is 11.5 Å². The molecule has 5 atom stereocenters. The predicted octanol–water partition coefficient (Wildman–Crippen LogP) is 5.42. The second kappa shape index (κ2) is 7.07. The molecule has 134 valence electrons. The van der Waals surface area contributed by atoms with Crippen molar-refractivity contribution in [1.29, 1.82) is 0 Å². The highest BCUT2D eigenvalue weighted by Gasteiger charge is 2.54. The SMILES string of the molecule is CC12CCC3c4ccc(O)cc4CCC3C1CCC2O.CCCC. The molecule has 2 fully saturated rings. The number of fused-ring (bicyclic) bond motifs is 5. The molecule has 2 saturated carbocycles. The molecular formula is C22H34O2. The minimum atomic E-state index is -0.0883. The molecule has 2 nitrogen and oxygen atoms in total. The van der Waals surface area contributed by atoms with Crippen molar-refractivity contribution in [2.24, 2.45) is 17.3 Å². The summed E-state index contributed by atoms with van der Waals surface area (Å²) in [5.41, 5.74) is 2.99. The van der Waals surface area contributed by atoms with Crippen LogP contribution in [0.2, 0.25) is 0 Å². The van der Waals surface area contributed by atoms with Gasteiger partial charge < -0.3 is 10.2 Å². The Balaban J connectivity index is 0.000000383. The molecule has 0 amide bonds. The number of aliphatic hydroxyl groups excluding tert-OH is 1. The maximum Gasteiger partial charge on any atom is 0.115 e. The average Bonchev–Trinajstić information content (AvgIpc) is 2.90. The van der Waals surface area contributed by atoms with Crippen molar-refractivity contribution in [3.05, 3.63) is 29.3 Å². The van der Waals surface area contributed by atoms with Gasteiger partial charge in [-0.1, -0.05) is 39.7 Å². The number of benzene rings is 1. The fourth-order valence-corrected chi connectivity index (χ4v) is 5.54. The Kier molecular flexibility index (Phi) is 5.24. The summed E-state index contributed by atoms with van der Waals surface area (Å²) in [5, 5.41) is 20.0. The van der Waals surface area contributed by atoms with Crippen LogP contribution in [-0.4, -0.2) is 16.3 Å². The summed E-state index contributed by atoms with van der Waals surface area (Å²) in [5.74, 6) is 2.49. The van der Waals surface area contributed by atoms with Gasteiger partial charge in [-0.3, -0.25) is 0 Å². The van der Waals surface area contributed by atoms with E-state index >= 15 is 0 Å². The fourth-order valence-electron chi connectivity index (χ4n) is 5.54. The van der Waals surface area contributed by atoms with E-state index in [2.05, 4.69) is 26.8 Å². The third kappa shape index (κ3) is 2.98. The molecule has 1 aromatic carbocycles. The molecule has 24 heavy (non-hydrogen) atoms. The van der Waals surface area contributed by atoms with Crippen LogP contribution in [0.1, 0.15) is 82.8 Å². The number of phenols is 1. The molecule has 3 aliphatic carbocycles. The maximum atomic E-state index is 10.4. The van der Waals surface area contributed by atoms with E-state index in [1.165, 1.54) is 43.2 Å². The number of hydrogen-bond donors (Lipinski definition) is 2. The second-order valence-corrected chi connectivity index (χ2v) is 8.44. The number of phenolic OH excluding ortho intramolecular Hbond substituents is 1. The molecule has 2 heteroatoms. The van der Waals surface area contributed by atoms with Crippen molar-refractivity contribution in [3.63, 3.8) is 0 Å². The van der Waals surface area contributed by atoms with Gasteiger partial charge in [0.25, 0.3) is 0 Å². The zero-order valence-corrected chi connectivity index (χ0v) is 15.6. The van der Waals surface area contributed by atoms with Gasteiger partial charge in [-0.25, -0.2) is 0 Å². The van der Waals surface area contributed by atoms with E-state index < -0.39 is 0 Å². The lowest BCUT2D eigenvalue weighted by Crippen LogP contribution is -2.43. The Morgan fingerprint density at radius 1 is 1.08 bits per heavy atom. The number of unbranched alkanes of at least 4 members (excludes halogenated alkanes) is 1. The van der Waals surface area contributed by atoms with E-state index in [1.807, 2.05) is 12.1 Å². The summed E-state index contributed by atoms with van der Waals surface area (Å²) in [7, 11) is 0. The Hall–Kier alpha value is -1.02. The van der Waals surface area contributed by atoms with E-state index in [1.54, 1.807) is 0 Å². The lowest BCUT2D eigenvalue weighted by Gasteiger charge is -2.50. The van der Waals surface area contributed by atoms with Crippen LogP contribution in [-0.2, 0) is 6.42 Å². The van der Waals surface area contributed by atoms with E-state index in [0.29, 0.717) is 17.6 Å². The number of rotatable bonds is 1. The third-order valence-corrected chi connectivity index (χ3v) is 7.16. The lowest BCUT2D eigenvalue weighted by atomic mass is 9.55. The molecule has 0 saturated heterocycles. The van der Waals surface area contributed by atoms with Crippen molar-refractivity contribution < 1.29 is 10.2 Å². The normalized spacial score (nSPS) is 36.8. The molecule has 0 radical (unpaired) electrons. The molecule has 5 unspecified atom stereocenters. The smallest absolute Gasteiger partial charge is 0.115 e. The monoisotopic (exact) mass is 330 g/mol. The van der Waals surface area contributed by atoms with Gasteiger partial charge in [-0.15, -0.1) is 0 Å². The van der Waals surface area contributed by atoms with Crippen molar-refractivity contribution in [1.82, 2.24) is 0 Å². The largest absolute Gasteiger partial charge is 0.508 e. The van der Waals surface area contributed by atoms with Crippen molar-refractivity contribution in [2.45, 2.75) is 84.2 Å². The lowest BCUT2D eigenvalue weighted by molar-refractivity contribution is -0.0226. The molecule has 0 aliphatic heterocycles. The average molecular weight is 331 g/mol. The number of aryl methyl sites for hydroxylation is 1. The van der Waals surface area contributed by atoms with Gasteiger partial charge in [0.1, 0.15) is 5.75 Å². The van der Waals surface area contributed by atoms with Gasteiger partial charge in [0.05, 0.1) is 6.10 Å². The Morgan fingerprint density at radius 2 is 1.83 bits per heavy atom. The van der Waals surface area contributed by atoms with Crippen LogP contribution in [0.5, 0.6) is 5.75 Å². The minimum Gasteiger partial charge on any atom is -0.508 e. The van der Waals surface area contributed by atoms with Crippen LogP contribution in [0.25, 0.3) is 0 Å².